The maximum absolute atomic E-state index is 14.1. The van der Waals surface area contributed by atoms with Crippen molar-refractivity contribution in [2.75, 3.05) is 5.73 Å². The minimum absolute atomic E-state index is 0.0622. The summed E-state index contributed by atoms with van der Waals surface area (Å²) < 4.78 is 19.4. The van der Waals surface area contributed by atoms with Gasteiger partial charge in [0, 0.05) is 11.5 Å². The molecule has 1 aromatic carbocycles. The molecule has 0 bridgehead atoms. The fourth-order valence-electron chi connectivity index (χ4n) is 2.18. The summed E-state index contributed by atoms with van der Waals surface area (Å²) in [6, 6.07) is 4.81. The minimum atomic E-state index is -0.496. The van der Waals surface area contributed by atoms with Gasteiger partial charge in [-0.25, -0.2) is 4.39 Å². The van der Waals surface area contributed by atoms with Gasteiger partial charge in [-0.3, -0.25) is 0 Å². The third-order valence-corrected chi connectivity index (χ3v) is 3.43. The first kappa shape index (κ1) is 13.9. The van der Waals surface area contributed by atoms with Crippen molar-refractivity contribution >= 4 is 17.4 Å². The highest BCUT2D eigenvalue weighted by Crippen LogP contribution is 2.38. The summed E-state index contributed by atoms with van der Waals surface area (Å²) in [5.41, 5.74) is 6.66. The molecule has 0 spiro atoms. The van der Waals surface area contributed by atoms with Gasteiger partial charge in [0.2, 0.25) is 0 Å². The lowest BCUT2D eigenvalue weighted by atomic mass is 9.95. The van der Waals surface area contributed by atoms with Crippen LogP contribution in [0.2, 0.25) is 5.02 Å². The predicted octanol–water partition coefficient (Wildman–Crippen LogP) is 4.62. The third kappa shape index (κ3) is 2.59. The average Bonchev–Trinajstić information content (AvgIpc) is 2.75. The number of hydrogen-bond donors (Lipinski definition) is 1. The Morgan fingerprint density at radius 1 is 1.47 bits per heavy atom. The van der Waals surface area contributed by atoms with Crippen molar-refractivity contribution in [2.45, 2.75) is 32.6 Å². The highest BCUT2D eigenvalue weighted by Gasteiger charge is 2.23. The Balaban J connectivity index is 2.55. The molecule has 0 aliphatic carbocycles. The van der Waals surface area contributed by atoms with Crippen LogP contribution in [0.4, 0.5) is 10.2 Å². The van der Waals surface area contributed by atoms with Gasteiger partial charge in [-0.15, -0.1) is 0 Å². The normalized spacial score (nSPS) is 12.6. The second-order valence-electron chi connectivity index (χ2n) is 4.60. The number of nitrogens with two attached hydrogens (primary N) is 1. The quantitative estimate of drug-likeness (QED) is 0.890. The molecule has 1 atom stereocenters. The largest absolute Gasteiger partial charge is 0.380 e. The summed E-state index contributed by atoms with van der Waals surface area (Å²) in [7, 11) is 0. The van der Waals surface area contributed by atoms with Crippen molar-refractivity contribution in [3.63, 3.8) is 0 Å². The lowest BCUT2D eigenvalue weighted by molar-refractivity contribution is 0.362. The zero-order valence-electron chi connectivity index (χ0n) is 10.9. The molecule has 0 radical (unpaired) electrons. The fourth-order valence-corrected chi connectivity index (χ4v) is 2.36. The molecule has 1 heterocycles. The first-order valence-corrected chi connectivity index (χ1v) is 6.63. The molecule has 2 rings (SSSR count). The number of rotatable bonds is 4. The number of benzene rings is 1. The SMILES string of the molecule is CCCC(C)c1onc(N)c1-c1cccc(Cl)c1F. The molecular formula is C14H16ClFN2O. The van der Waals surface area contributed by atoms with Gasteiger partial charge in [-0.1, -0.05) is 49.2 Å². The summed E-state index contributed by atoms with van der Waals surface area (Å²) in [6.45, 7) is 4.09. The molecule has 0 saturated heterocycles. The fraction of sp³-hybridized carbons (Fsp3) is 0.357. The van der Waals surface area contributed by atoms with Crippen molar-refractivity contribution in [2.24, 2.45) is 0 Å². The highest BCUT2D eigenvalue weighted by atomic mass is 35.5. The van der Waals surface area contributed by atoms with Crippen molar-refractivity contribution in [3.8, 4) is 11.1 Å². The van der Waals surface area contributed by atoms with Gasteiger partial charge in [0.1, 0.15) is 11.6 Å². The topological polar surface area (TPSA) is 52.0 Å². The van der Waals surface area contributed by atoms with E-state index in [9.17, 15) is 4.39 Å². The van der Waals surface area contributed by atoms with Gasteiger partial charge < -0.3 is 10.3 Å². The van der Waals surface area contributed by atoms with Gasteiger partial charge >= 0.3 is 0 Å². The van der Waals surface area contributed by atoms with E-state index < -0.39 is 5.82 Å². The minimum Gasteiger partial charge on any atom is -0.380 e. The van der Waals surface area contributed by atoms with E-state index >= 15 is 0 Å². The summed E-state index contributed by atoms with van der Waals surface area (Å²) in [5, 5.41) is 3.82. The van der Waals surface area contributed by atoms with E-state index in [2.05, 4.69) is 12.1 Å². The van der Waals surface area contributed by atoms with Gasteiger partial charge in [-0.2, -0.15) is 0 Å². The monoisotopic (exact) mass is 282 g/mol. The lowest BCUT2D eigenvalue weighted by Gasteiger charge is -2.10. The number of halogens is 2. The van der Waals surface area contributed by atoms with E-state index in [1.54, 1.807) is 12.1 Å². The lowest BCUT2D eigenvalue weighted by Crippen LogP contribution is -1.97. The maximum Gasteiger partial charge on any atom is 0.175 e. The Labute approximate surface area is 116 Å². The Bertz CT molecular complexity index is 583. The van der Waals surface area contributed by atoms with Crippen LogP contribution in [0.1, 0.15) is 38.4 Å². The molecule has 0 aliphatic rings. The summed E-state index contributed by atoms with van der Waals surface area (Å²) in [5.74, 6) is 0.437. The molecule has 0 amide bonds. The number of nitrogen functional groups attached to an aromatic ring is 1. The van der Waals surface area contributed by atoms with Crippen LogP contribution < -0.4 is 5.73 Å². The van der Waals surface area contributed by atoms with Crippen molar-refractivity contribution < 1.29 is 8.91 Å². The second-order valence-corrected chi connectivity index (χ2v) is 5.01. The molecular weight excluding hydrogens is 267 g/mol. The molecule has 5 heteroatoms. The van der Waals surface area contributed by atoms with Crippen molar-refractivity contribution in [1.82, 2.24) is 5.16 Å². The zero-order valence-corrected chi connectivity index (χ0v) is 11.7. The molecule has 19 heavy (non-hydrogen) atoms. The van der Waals surface area contributed by atoms with Crippen LogP contribution in [0.3, 0.4) is 0 Å². The molecule has 1 unspecified atom stereocenters. The van der Waals surface area contributed by atoms with Gasteiger partial charge in [0.25, 0.3) is 0 Å². The molecule has 0 saturated carbocycles. The van der Waals surface area contributed by atoms with E-state index in [1.165, 1.54) is 6.07 Å². The Kier molecular flexibility index (Phi) is 4.10. The zero-order chi connectivity index (χ0) is 14.0. The summed E-state index contributed by atoms with van der Waals surface area (Å²) in [6.07, 6.45) is 1.92. The van der Waals surface area contributed by atoms with E-state index in [-0.39, 0.29) is 16.8 Å². The smallest absolute Gasteiger partial charge is 0.175 e. The Morgan fingerprint density at radius 3 is 2.89 bits per heavy atom. The number of aromatic nitrogens is 1. The van der Waals surface area contributed by atoms with Crippen LogP contribution in [0.15, 0.2) is 22.7 Å². The molecule has 1 aromatic heterocycles. The number of nitrogens with zero attached hydrogens (tertiary/aromatic N) is 1. The Morgan fingerprint density at radius 2 is 2.21 bits per heavy atom. The van der Waals surface area contributed by atoms with E-state index in [0.29, 0.717) is 16.9 Å². The van der Waals surface area contributed by atoms with Crippen LogP contribution in [-0.4, -0.2) is 5.16 Å². The van der Waals surface area contributed by atoms with Crippen LogP contribution in [-0.2, 0) is 0 Å². The molecule has 2 aromatic rings. The average molecular weight is 283 g/mol. The number of hydrogen-bond acceptors (Lipinski definition) is 3. The van der Waals surface area contributed by atoms with E-state index in [4.69, 9.17) is 21.9 Å². The first-order chi connectivity index (χ1) is 9.06. The van der Waals surface area contributed by atoms with Crippen LogP contribution in [0, 0.1) is 5.82 Å². The Hall–Kier alpha value is -1.55. The van der Waals surface area contributed by atoms with Crippen molar-refractivity contribution in [3.05, 3.63) is 34.8 Å². The molecule has 102 valence electrons. The second kappa shape index (κ2) is 5.61. The van der Waals surface area contributed by atoms with E-state index in [0.717, 1.165) is 12.8 Å². The molecule has 3 nitrogen and oxygen atoms in total. The molecule has 2 N–H and O–H groups in total. The predicted molar refractivity (Wildman–Crippen MR) is 74.6 cm³/mol. The van der Waals surface area contributed by atoms with Crippen LogP contribution in [0.5, 0.6) is 0 Å². The summed E-state index contributed by atoms with van der Waals surface area (Å²) >= 11 is 5.81. The van der Waals surface area contributed by atoms with Crippen LogP contribution in [0.25, 0.3) is 11.1 Å². The van der Waals surface area contributed by atoms with Gasteiger partial charge in [0.15, 0.2) is 5.82 Å². The van der Waals surface area contributed by atoms with Crippen LogP contribution >= 0.6 is 11.6 Å². The standard InChI is InChI=1S/C14H16ClFN2O/c1-3-5-8(2)13-11(14(17)18-19-13)9-6-4-7-10(15)12(9)16/h4,6-8H,3,5H2,1-2H3,(H2,17,18). The maximum atomic E-state index is 14.1. The van der Waals surface area contributed by atoms with Gasteiger partial charge in [0.05, 0.1) is 10.6 Å². The first-order valence-electron chi connectivity index (χ1n) is 6.25. The highest BCUT2D eigenvalue weighted by molar-refractivity contribution is 6.31. The van der Waals surface area contributed by atoms with Crippen molar-refractivity contribution in [1.29, 1.82) is 0 Å². The number of anilines is 1. The molecule has 0 aliphatic heterocycles. The van der Waals surface area contributed by atoms with E-state index in [1.807, 2.05) is 6.92 Å². The third-order valence-electron chi connectivity index (χ3n) is 3.14. The van der Waals surface area contributed by atoms with Gasteiger partial charge in [-0.05, 0) is 12.5 Å². The summed E-state index contributed by atoms with van der Waals surface area (Å²) in [4.78, 5) is 0. The molecule has 0 fully saturated rings.